The minimum atomic E-state index is -0.731. The second-order valence-electron chi connectivity index (χ2n) is 9.85. The first-order chi connectivity index (χ1) is 14.8. The SMILES string of the molecule is CC1(NC(=O)c2ccc3c(c2)C(C)(C)C(=O)N3c2cc(C3CC3)ccn2)CCOCC1. The van der Waals surface area contributed by atoms with E-state index in [0.29, 0.717) is 30.5 Å². The fourth-order valence-corrected chi connectivity index (χ4v) is 4.62. The van der Waals surface area contributed by atoms with Crippen molar-refractivity contribution in [2.24, 2.45) is 0 Å². The summed E-state index contributed by atoms with van der Waals surface area (Å²) >= 11 is 0. The van der Waals surface area contributed by atoms with E-state index in [2.05, 4.69) is 17.2 Å². The van der Waals surface area contributed by atoms with E-state index in [0.717, 1.165) is 24.1 Å². The van der Waals surface area contributed by atoms with Gasteiger partial charge in [-0.1, -0.05) is 0 Å². The van der Waals surface area contributed by atoms with Gasteiger partial charge in [0.25, 0.3) is 5.91 Å². The molecule has 0 unspecified atom stereocenters. The Kier molecular flexibility index (Phi) is 4.66. The molecule has 0 spiro atoms. The van der Waals surface area contributed by atoms with Gasteiger partial charge in [0.05, 0.1) is 11.1 Å². The van der Waals surface area contributed by atoms with Crippen molar-refractivity contribution in [3.8, 4) is 0 Å². The minimum Gasteiger partial charge on any atom is -0.381 e. The van der Waals surface area contributed by atoms with Crippen molar-refractivity contribution in [1.82, 2.24) is 10.3 Å². The average molecular weight is 420 g/mol. The number of aromatic nitrogens is 1. The number of amides is 2. The summed E-state index contributed by atoms with van der Waals surface area (Å²) in [4.78, 5) is 32.6. The van der Waals surface area contributed by atoms with Gasteiger partial charge in [-0.2, -0.15) is 0 Å². The number of hydrogen-bond donors (Lipinski definition) is 1. The fraction of sp³-hybridized carbons (Fsp3) is 0.480. The summed E-state index contributed by atoms with van der Waals surface area (Å²) in [6, 6.07) is 9.64. The Balaban J connectivity index is 1.47. The number of ether oxygens (including phenoxy) is 1. The predicted molar refractivity (Wildman–Crippen MR) is 119 cm³/mol. The Morgan fingerprint density at radius 2 is 1.87 bits per heavy atom. The summed E-state index contributed by atoms with van der Waals surface area (Å²) in [6.07, 6.45) is 5.78. The average Bonchev–Trinajstić information content (AvgIpc) is 3.57. The lowest BCUT2D eigenvalue weighted by atomic mass is 9.85. The zero-order valence-electron chi connectivity index (χ0n) is 18.4. The first-order valence-corrected chi connectivity index (χ1v) is 11.1. The molecule has 6 nitrogen and oxygen atoms in total. The number of carbonyl (C=O) groups excluding carboxylic acids is 2. The van der Waals surface area contributed by atoms with E-state index >= 15 is 0 Å². The molecule has 1 aromatic carbocycles. The molecule has 6 heteroatoms. The standard InChI is InChI=1S/C25H29N3O3/c1-24(2)19-14-18(22(29)27-25(3)9-12-31-13-10-25)6-7-20(19)28(23(24)30)21-15-17(8-11-26-21)16-4-5-16/h6-8,11,14-16H,4-5,9-10,12-13H2,1-3H3,(H,27,29). The molecule has 2 amide bonds. The summed E-state index contributed by atoms with van der Waals surface area (Å²) in [5.74, 6) is 1.12. The number of benzene rings is 1. The van der Waals surface area contributed by atoms with Crippen LogP contribution in [0.15, 0.2) is 36.5 Å². The summed E-state index contributed by atoms with van der Waals surface area (Å²) in [6.45, 7) is 7.21. The van der Waals surface area contributed by atoms with Gasteiger partial charge in [0.1, 0.15) is 5.82 Å². The highest BCUT2D eigenvalue weighted by Crippen LogP contribution is 2.47. The van der Waals surface area contributed by atoms with Crippen LogP contribution < -0.4 is 10.2 Å². The normalized spacial score (nSPS) is 21.6. The number of nitrogens with one attached hydrogen (secondary N) is 1. The third-order valence-corrected chi connectivity index (χ3v) is 6.97. The summed E-state index contributed by atoms with van der Waals surface area (Å²) < 4.78 is 5.43. The topological polar surface area (TPSA) is 71.5 Å². The zero-order chi connectivity index (χ0) is 21.8. The molecule has 0 radical (unpaired) electrons. The van der Waals surface area contributed by atoms with Crippen molar-refractivity contribution in [3.63, 3.8) is 0 Å². The first kappa shape index (κ1) is 20.2. The van der Waals surface area contributed by atoms with Gasteiger partial charge in [-0.15, -0.1) is 0 Å². The van der Waals surface area contributed by atoms with Crippen LogP contribution >= 0.6 is 0 Å². The van der Waals surface area contributed by atoms with Crippen LogP contribution in [0.5, 0.6) is 0 Å². The van der Waals surface area contributed by atoms with E-state index in [-0.39, 0.29) is 17.4 Å². The van der Waals surface area contributed by atoms with E-state index in [1.54, 1.807) is 11.1 Å². The third kappa shape index (κ3) is 3.53. The molecule has 162 valence electrons. The van der Waals surface area contributed by atoms with E-state index in [1.165, 1.54) is 18.4 Å². The number of nitrogens with zero attached hydrogens (tertiary/aromatic N) is 2. The Bertz CT molecular complexity index is 1050. The molecule has 1 aromatic heterocycles. The Hall–Kier alpha value is -2.73. The minimum absolute atomic E-state index is 0.0168. The first-order valence-electron chi connectivity index (χ1n) is 11.1. The van der Waals surface area contributed by atoms with Crippen molar-refractivity contribution < 1.29 is 14.3 Å². The third-order valence-electron chi connectivity index (χ3n) is 6.97. The molecule has 31 heavy (non-hydrogen) atoms. The van der Waals surface area contributed by atoms with Gasteiger partial charge in [0.2, 0.25) is 5.91 Å². The Morgan fingerprint density at radius 1 is 1.13 bits per heavy atom. The molecule has 0 bridgehead atoms. The molecular weight excluding hydrogens is 390 g/mol. The molecule has 3 aliphatic rings. The maximum Gasteiger partial charge on any atom is 0.251 e. The number of pyridine rings is 1. The molecule has 1 N–H and O–H groups in total. The van der Waals surface area contributed by atoms with Gasteiger partial charge < -0.3 is 10.1 Å². The van der Waals surface area contributed by atoms with Crippen molar-refractivity contribution in [1.29, 1.82) is 0 Å². The highest BCUT2D eigenvalue weighted by molar-refractivity contribution is 6.12. The zero-order valence-corrected chi connectivity index (χ0v) is 18.4. The van der Waals surface area contributed by atoms with Gasteiger partial charge >= 0.3 is 0 Å². The van der Waals surface area contributed by atoms with Gasteiger partial charge in [0, 0.05) is 30.5 Å². The molecule has 2 aromatic rings. The maximum atomic E-state index is 13.4. The highest BCUT2D eigenvalue weighted by Gasteiger charge is 2.45. The van der Waals surface area contributed by atoms with Crippen LogP contribution in [0.4, 0.5) is 11.5 Å². The number of rotatable bonds is 4. The van der Waals surface area contributed by atoms with Gasteiger partial charge in [0.15, 0.2) is 0 Å². The fourth-order valence-electron chi connectivity index (χ4n) is 4.62. The van der Waals surface area contributed by atoms with E-state index in [1.807, 2.05) is 44.2 Å². The molecular formula is C25H29N3O3. The summed E-state index contributed by atoms with van der Waals surface area (Å²) in [5, 5.41) is 3.18. The van der Waals surface area contributed by atoms with E-state index in [9.17, 15) is 9.59 Å². The van der Waals surface area contributed by atoms with Crippen molar-refractivity contribution in [2.45, 2.75) is 63.3 Å². The number of carbonyl (C=O) groups is 2. The monoisotopic (exact) mass is 419 g/mol. The number of anilines is 2. The quantitative estimate of drug-likeness (QED) is 0.806. The molecule has 0 atom stereocenters. The number of fused-ring (bicyclic) bond motifs is 1. The van der Waals surface area contributed by atoms with Gasteiger partial charge in [-0.25, -0.2) is 4.98 Å². The molecule has 1 aliphatic carbocycles. The van der Waals surface area contributed by atoms with Crippen LogP contribution in [-0.4, -0.2) is 35.6 Å². The molecule has 1 saturated heterocycles. The molecule has 2 fully saturated rings. The number of hydrogen-bond acceptors (Lipinski definition) is 4. The Labute approximate surface area is 183 Å². The molecule has 1 saturated carbocycles. The van der Waals surface area contributed by atoms with Crippen LogP contribution in [0, 0.1) is 0 Å². The van der Waals surface area contributed by atoms with Gasteiger partial charge in [-0.3, -0.25) is 14.5 Å². The van der Waals surface area contributed by atoms with Gasteiger partial charge in [-0.05, 0) is 93.8 Å². The molecule has 5 rings (SSSR count). The van der Waals surface area contributed by atoms with Crippen LogP contribution in [0.25, 0.3) is 0 Å². The summed E-state index contributed by atoms with van der Waals surface area (Å²) in [5.41, 5.74) is 2.49. The second-order valence-corrected chi connectivity index (χ2v) is 9.85. The largest absolute Gasteiger partial charge is 0.381 e. The summed E-state index contributed by atoms with van der Waals surface area (Å²) in [7, 11) is 0. The highest BCUT2D eigenvalue weighted by atomic mass is 16.5. The van der Waals surface area contributed by atoms with Crippen LogP contribution in [0.2, 0.25) is 0 Å². The van der Waals surface area contributed by atoms with Crippen molar-refractivity contribution in [3.05, 3.63) is 53.2 Å². The van der Waals surface area contributed by atoms with Crippen LogP contribution in [0.3, 0.4) is 0 Å². The van der Waals surface area contributed by atoms with E-state index < -0.39 is 5.41 Å². The second kappa shape index (κ2) is 7.16. The lowest BCUT2D eigenvalue weighted by molar-refractivity contribution is -0.121. The Morgan fingerprint density at radius 3 is 2.58 bits per heavy atom. The van der Waals surface area contributed by atoms with Crippen molar-refractivity contribution >= 4 is 23.3 Å². The van der Waals surface area contributed by atoms with Crippen LogP contribution in [0.1, 0.15) is 73.9 Å². The molecule has 2 aliphatic heterocycles. The predicted octanol–water partition coefficient (Wildman–Crippen LogP) is 4.21. The van der Waals surface area contributed by atoms with E-state index in [4.69, 9.17) is 4.74 Å². The van der Waals surface area contributed by atoms with Crippen LogP contribution in [-0.2, 0) is 14.9 Å². The van der Waals surface area contributed by atoms with Crippen molar-refractivity contribution in [2.75, 3.05) is 18.1 Å². The maximum absolute atomic E-state index is 13.4. The molecule has 3 heterocycles. The lowest BCUT2D eigenvalue weighted by Gasteiger charge is -2.34. The smallest absolute Gasteiger partial charge is 0.251 e. The lowest BCUT2D eigenvalue weighted by Crippen LogP contribution is -2.49.